The molecule has 10 heteroatoms. The molecule has 6 N–H and O–H groups in total. The van der Waals surface area contributed by atoms with Crippen molar-refractivity contribution in [2.24, 2.45) is 0 Å². The molecule has 0 aliphatic heterocycles. The Kier molecular flexibility index (Phi) is 8.16. The van der Waals surface area contributed by atoms with Crippen molar-refractivity contribution in [3.8, 4) is 35.1 Å². The number of aromatic hydroxyl groups is 4. The van der Waals surface area contributed by atoms with Gasteiger partial charge in [-0.25, -0.2) is 0 Å². The molecule has 2 amide bonds. The van der Waals surface area contributed by atoms with Crippen molar-refractivity contribution >= 4 is 24.0 Å². The zero-order chi connectivity index (χ0) is 26.2. The van der Waals surface area contributed by atoms with Gasteiger partial charge in [0.05, 0.1) is 0 Å². The summed E-state index contributed by atoms with van der Waals surface area (Å²) in [7, 11) is 0. The highest BCUT2D eigenvalue weighted by atomic mass is 16.3. The lowest BCUT2D eigenvalue weighted by atomic mass is 9.89. The number of hydrogen-bond donors (Lipinski definition) is 6. The Bertz CT molecular complexity index is 1220. The lowest BCUT2D eigenvalue weighted by Gasteiger charge is -2.32. The van der Waals surface area contributed by atoms with Crippen molar-refractivity contribution in [2.75, 3.05) is 0 Å². The van der Waals surface area contributed by atoms with Gasteiger partial charge in [0.15, 0.2) is 23.0 Å². The zero-order valence-corrected chi connectivity index (χ0v) is 19.1. The summed E-state index contributed by atoms with van der Waals surface area (Å²) >= 11 is 0. The Balaban J connectivity index is 1.73. The van der Waals surface area contributed by atoms with E-state index in [0.29, 0.717) is 24.0 Å². The number of benzene rings is 2. The van der Waals surface area contributed by atoms with Gasteiger partial charge in [-0.05, 0) is 60.4 Å². The van der Waals surface area contributed by atoms with Crippen LogP contribution in [0.3, 0.4) is 0 Å². The van der Waals surface area contributed by atoms with Gasteiger partial charge in [-0.15, -0.1) is 0 Å². The number of rotatable bonds is 6. The first-order chi connectivity index (χ1) is 17.2. The standard InChI is InChI=1S/C26H24N4O6/c27-13-17(9-15-5-7-21(31)23(33)11-15)25(35)29-19-3-1-2-4-20(19)30-26(36)18(14-28)10-16-6-8-22(32)24(34)12-16/h5-12,19-20,31-34H,1-4H2,(H,29,35)(H,30,36)/b17-9+,18-10+. The molecule has 184 valence electrons. The quantitative estimate of drug-likeness (QED) is 0.203. The number of amides is 2. The van der Waals surface area contributed by atoms with E-state index >= 15 is 0 Å². The van der Waals surface area contributed by atoms with Crippen molar-refractivity contribution in [2.45, 2.75) is 37.8 Å². The van der Waals surface area contributed by atoms with Gasteiger partial charge in [0.2, 0.25) is 0 Å². The van der Waals surface area contributed by atoms with Crippen LogP contribution < -0.4 is 10.6 Å². The summed E-state index contributed by atoms with van der Waals surface area (Å²) in [5.41, 5.74) is 0.241. The summed E-state index contributed by atoms with van der Waals surface area (Å²) in [6, 6.07) is 10.4. The molecule has 1 aliphatic rings. The first-order valence-electron chi connectivity index (χ1n) is 11.1. The maximum atomic E-state index is 12.8. The number of nitriles is 2. The lowest BCUT2D eigenvalue weighted by molar-refractivity contribution is -0.120. The highest BCUT2D eigenvalue weighted by Gasteiger charge is 2.29. The van der Waals surface area contributed by atoms with Crippen LogP contribution in [-0.2, 0) is 9.59 Å². The molecule has 3 rings (SSSR count). The predicted molar refractivity (Wildman–Crippen MR) is 129 cm³/mol. The SMILES string of the molecule is N#C/C(=C\c1ccc(O)c(O)c1)C(=O)NC1CCCCC1NC(=O)/C(C#N)=C/c1ccc(O)c(O)c1. The van der Waals surface area contributed by atoms with E-state index in [9.17, 15) is 40.5 Å². The molecule has 0 spiro atoms. The maximum absolute atomic E-state index is 12.8. The van der Waals surface area contributed by atoms with Crippen molar-refractivity contribution < 1.29 is 30.0 Å². The van der Waals surface area contributed by atoms with Gasteiger partial charge < -0.3 is 31.1 Å². The van der Waals surface area contributed by atoms with Gasteiger partial charge in [0.1, 0.15) is 23.3 Å². The van der Waals surface area contributed by atoms with Gasteiger partial charge in [-0.3, -0.25) is 9.59 Å². The summed E-state index contributed by atoms with van der Waals surface area (Å²) < 4.78 is 0. The summed E-state index contributed by atoms with van der Waals surface area (Å²) in [6.45, 7) is 0. The van der Waals surface area contributed by atoms with E-state index < -0.39 is 23.9 Å². The third-order valence-electron chi connectivity index (χ3n) is 5.75. The Morgan fingerprint density at radius 3 is 1.44 bits per heavy atom. The zero-order valence-electron chi connectivity index (χ0n) is 19.1. The Morgan fingerprint density at radius 2 is 1.11 bits per heavy atom. The first kappa shape index (κ1) is 25.7. The minimum absolute atomic E-state index is 0.222. The van der Waals surface area contributed by atoms with E-state index in [4.69, 9.17) is 0 Å². The molecule has 0 saturated heterocycles. The number of nitrogens with zero attached hydrogens (tertiary/aromatic N) is 2. The van der Waals surface area contributed by atoms with Gasteiger partial charge in [-0.1, -0.05) is 25.0 Å². The summed E-state index contributed by atoms with van der Waals surface area (Å²) in [5, 5.41) is 62.6. The van der Waals surface area contributed by atoms with Gasteiger partial charge in [-0.2, -0.15) is 10.5 Å². The molecule has 0 aromatic heterocycles. The van der Waals surface area contributed by atoms with Crippen molar-refractivity contribution in [3.63, 3.8) is 0 Å². The number of hydrogen-bond acceptors (Lipinski definition) is 8. The number of carbonyl (C=O) groups is 2. The number of nitrogens with one attached hydrogen (secondary N) is 2. The van der Waals surface area contributed by atoms with E-state index in [0.717, 1.165) is 12.8 Å². The van der Waals surface area contributed by atoms with E-state index in [2.05, 4.69) is 10.6 Å². The fraction of sp³-hybridized carbons (Fsp3) is 0.231. The van der Waals surface area contributed by atoms with Crippen LogP contribution in [0.15, 0.2) is 47.5 Å². The molecule has 1 aliphatic carbocycles. The lowest BCUT2D eigenvalue weighted by Crippen LogP contribution is -2.53. The maximum Gasteiger partial charge on any atom is 0.262 e. The average molecular weight is 489 g/mol. The van der Waals surface area contributed by atoms with Crippen LogP contribution in [0.4, 0.5) is 0 Å². The molecule has 0 radical (unpaired) electrons. The highest BCUT2D eigenvalue weighted by Crippen LogP contribution is 2.27. The Morgan fingerprint density at radius 1 is 0.722 bits per heavy atom. The normalized spacial score (nSPS) is 17.9. The van der Waals surface area contributed by atoms with Crippen LogP contribution in [0.5, 0.6) is 23.0 Å². The molecule has 0 heterocycles. The fourth-order valence-corrected chi connectivity index (χ4v) is 3.86. The number of phenolic OH excluding ortho intramolecular Hbond substituents is 4. The third kappa shape index (κ3) is 6.33. The molecule has 2 aromatic rings. The Labute approximate surface area is 207 Å². The van der Waals surface area contributed by atoms with Crippen LogP contribution in [0.2, 0.25) is 0 Å². The minimum atomic E-state index is -0.660. The fourth-order valence-electron chi connectivity index (χ4n) is 3.86. The number of carbonyl (C=O) groups excluding carboxylic acids is 2. The second-order valence-corrected chi connectivity index (χ2v) is 8.28. The molecular formula is C26H24N4O6. The van der Waals surface area contributed by atoms with Crippen LogP contribution in [0.25, 0.3) is 12.2 Å². The molecular weight excluding hydrogens is 464 g/mol. The Hall–Kier alpha value is -4.96. The molecule has 2 unspecified atom stereocenters. The van der Waals surface area contributed by atoms with E-state index in [1.54, 1.807) is 0 Å². The second-order valence-electron chi connectivity index (χ2n) is 8.28. The molecule has 10 nitrogen and oxygen atoms in total. The van der Waals surface area contributed by atoms with E-state index in [1.165, 1.54) is 48.6 Å². The summed E-state index contributed by atoms with van der Waals surface area (Å²) in [5.74, 6) is -2.76. The molecule has 2 atom stereocenters. The van der Waals surface area contributed by atoms with Gasteiger partial charge in [0, 0.05) is 12.1 Å². The van der Waals surface area contributed by atoms with E-state index in [-0.39, 0.29) is 34.1 Å². The molecule has 2 aromatic carbocycles. The predicted octanol–water partition coefficient (Wildman–Crippen LogP) is 2.57. The minimum Gasteiger partial charge on any atom is -0.504 e. The molecule has 0 bridgehead atoms. The van der Waals surface area contributed by atoms with Crippen molar-refractivity contribution in [1.82, 2.24) is 10.6 Å². The molecule has 1 saturated carbocycles. The van der Waals surface area contributed by atoms with Crippen LogP contribution in [0.1, 0.15) is 36.8 Å². The van der Waals surface area contributed by atoms with Crippen LogP contribution in [-0.4, -0.2) is 44.3 Å². The third-order valence-corrected chi connectivity index (χ3v) is 5.75. The topological polar surface area (TPSA) is 187 Å². The van der Waals surface area contributed by atoms with Crippen molar-refractivity contribution in [3.05, 3.63) is 58.7 Å². The largest absolute Gasteiger partial charge is 0.504 e. The summed E-state index contributed by atoms with van der Waals surface area (Å²) in [6.07, 6.45) is 5.23. The average Bonchev–Trinajstić information content (AvgIpc) is 2.86. The van der Waals surface area contributed by atoms with Crippen LogP contribution >= 0.6 is 0 Å². The molecule has 1 fully saturated rings. The van der Waals surface area contributed by atoms with Gasteiger partial charge in [0.25, 0.3) is 11.8 Å². The second kappa shape index (κ2) is 11.4. The van der Waals surface area contributed by atoms with Crippen molar-refractivity contribution in [1.29, 1.82) is 10.5 Å². The van der Waals surface area contributed by atoms with Crippen LogP contribution in [0, 0.1) is 22.7 Å². The number of phenols is 4. The van der Waals surface area contributed by atoms with Gasteiger partial charge >= 0.3 is 0 Å². The first-order valence-corrected chi connectivity index (χ1v) is 11.1. The molecule has 36 heavy (non-hydrogen) atoms. The smallest absolute Gasteiger partial charge is 0.262 e. The monoisotopic (exact) mass is 488 g/mol. The van der Waals surface area contributed by atoms with E-state index in [1.807, 2.05) is 12.1 Å². The highest BCUT2D eigenvalue weighted by molar-refractivity contribution is 6.03. The summed E-state index contributed by atoms with van der Waals surface area (Å²) in [4.78, 5) is 25.6.